The molecule has 3 aromatic rings. The maximum Gasteiger partial charge on any atom is 0.225 e. The molecule has 0 radical (unpaired) electrons. The van der Waals surface area contributed by atoms with E-state index in [-0.39, 0.29) is 11.8 Å². The number of carbonyl (C=O) groups excluding carboxylic acids is 1. The van der Waals surface area contributed by atoms with Gasteiger partial charge in [-0.05, 0) is 36.4 Å². The van der Waals surface area contributed by atoms with Crippen molar-refractivity contribution in [2.24, 2.45) is 5.92 Å². The smallest absolute Gasteiger partial charge is 0.225 e. The summed E-state index contributed by atoms with van der Waals surface area (Å²) in [5, 5.41) is 6.07. The number of amides is 1. The molecule has 4 rings (SSSR count). The highest BCUT2D eigenvalue weighted by Gasteiger charge is 2.27. The van der Waals surface area contributed by atoms with E-state index in [2.05, 4.69) is 20.2 Å². The molecule has 0 bridgehead atoms. The van der Waals surface area contributed by atoms with Gasteiger partial charge in [0.1, 0.15) is 10.3 Å². The Morgan fingerprint density at radius 2 is 2.33 bits per heavy atom. The molecule has 5 nitrogen and oxygen atoms in total. The first-order valence-corrected chi connectivity index (χ1v) is 9.76. The van der Waals surface area contributed by atoms with Crippen molar-refractivity contribution in [1.82, 2.24) is 15.3 Å². The fraction of sp³-hybridized carbons (Fsp3) is 0.353. The number of rotatable bonds is 4. The van der Waals surface area contributed by atoms with Crippen molar-refractivity contribution in [1.29, 1.82) is 0 Å². The summed E-state index contributed by atoms with van der Waals surface area (Å²) in [5.41, 5.74) is 0.932. The van der Waals surface area contributed by atoms with Crippen molar-refractivity contribution < 1.29 is 4.79 Å². The summed E-state index contributed by atoms with van der Waals surface area (Å²) in [6.07, 6.45) is 3.75. The lowest BCUT2D eigenvalue weighted by molar-refractivity contribution is -0.125. The molecular weight excluding hydrogens is 340 g/mol. The third-order valence-corrected chi connectivity index (χ3v) is 6.15. The van der Waals surface area contributed by atoms with Gasteiger partial charge in [-0.3, -0.25) is 4.79 Å². The van der Waals surface area contributed by atoms with Gasteiger partial charge < -0.3 is 10.2 Å². The van der Waals surface area contributed by atoms with E-state index in [1.165, 1.54) is 4.88 Å². The lowest BCUT2D eigenvalue weighted by atomic mass is 9.97. The van der Waals surface area contributed by atoms with Crippen LogP contribution in [0.4, 0.5) is 5.13 Å². The predicted molar refractivity (Wildman–Crippen MR) is 98.5 cm³/mol. The van der Waals surface area contributed by atoms with Crippen LogP contribution in [-0.2, 0) is 11.3 Å². The number of thiazole rings is 1. The van der Waals surface area contributed by atoms with Crippen molar-refractivity contribution in [3.05, 3.63) is 40.7 Å². The molecule has 1 atom stereocenters. The highest BCUT2D eigenvalue weighted by Crippen LogP contribution is 2.30. The SMILES string of the molecule is O=C(NCc1cccs1)C1CCCN(c2nc3cccnc3s2)C1. The van der Waals surface area contributed by atoms with Gasteiger partial charge in [-0.15, -0.1) is 11.3 Å². The number of nitrogens with zero attached hydrogens (tertiary/aromatic N) is 3. The molecule has 1 fully saturated rings. The zero-order valence-corrected chi connectivity index (χ0v) is 14.8. The zero-order chi connectivity index (χ0) is 16.4. The summed E-state index contributed by atoms with van der Waals surface area (Å²) in [6, 6.07) is 7.95. The minimum atomic E-state index is 0.0266. The minimum absolute atomic E-state index is 0.0266. The summed E-state index contributed by atoms with van der Waals surface area (Å²) in [7, 11) is 0. The molecule has 3 aromatic heterocycles. The molecule has 1 amide bonds. The zero-order valence-electron chi connectivity index (χ0n) is 13.1. The number of carbonyl (C=O) groups is 1. The monoisotopic (exact) mass is 358 g/mol. The summed E-state index contributed by atoms with van der Waals surface area (Å²) >= 11 is 3.27. The first-order valence-electron chi connectivity index (χ1n) is 8.06. The molecule has 1 aliphatic rings. The van der Waals surface area contributed by atoms with Gasteiger partial charge in [-0.2, -0.15) is 0 Å². The number of piperidine rings is 1. The van der Waals surface area contributed by atoms with Gasteiger partial charge in [0.2, 0.25) is 5.91 Å². The standard InChI is InChI=1S/C17H18N4OS2/c22-15(19-10-13-5-3-9-23-13)12-4-2-8-21(11-12)17-20-14-6-1-7-18-16(14)24-17/h1,3,5-7,9,12H,2,4,8,10-11H2,(H,19,22). The molecule has 0 aromatic carbocycles. The first kappa shape index (κ1) is 15.5. The van der Waals surface area contributed by atoms with Crippen molar-refractivity contribution in [3.8, 4) is 0 Å². The molecule has 1 aliphatic heterocycles. The second kappa shape index (κ2) is 6.86. The van der Waals surface area contributed by atoms with Crippen LogP contribution >= 0.6 is 22.7 Å². The number of nitrogens with one attached hydrogen (secondary N) is 1. The molecule has 0 spiro atoms. The van der Waals surface area contributed by atoms with Crippen LogP contribution < -0.4 is 10.2 Å². The fourth-order valence-corrected chi connectivity index (χ4v) is 4.58. The van der Waals surface area contributed by atoms with Crippen LogP contribution in [0.5, 0.6) is 0 Å². The molecule has 7 heteroatoms. The second-order valence-electron chi connectivity index (χ2n) is 5.91. The molecule has 124 valence electrons. The molecule has 0 saturated carbocycles. The highest BCUT2D eigenvalue weighted by molar-refractivity contribution is 7.21. The molecule has 4 heterocycles. The Balaban J connectivity index is 1.42. The van der Waals surface area contributed by atoms with Crippen LogP contribution in [0.3, 0.4) is 0 Å². The van der Waals surface area contributed by atoms with Crippen LogP contribution in [0.2, 0.25) is 0 Å². The average Bonchev–Trinajstić information content (AvgIpc) is 3.29. The van der Waals surface area contributed by atoms with Gasteiger partial charge in [0.05, 0.1) is 12.5 Å². The summed E-state index contributed by atoms with van der Waals surface area (Å²) < 4.78 is 0. The normalized spacial score (nSPS) is 18.0. The van der Waals surface area contributed by atoms with Gasteiger partial charge in [-0.1, -0.05) is 17.4 Å². The average molecular weight is 358 g/mol. The number of aromatic nitrogens is 2. The van der Waals surface area contributed by atoms with E-state index in [9.17, 15) is 4.79 Å². The predicted octanol–water partition coefficient (Wildman–Crippen LogP) is 3.29. The van der Waals surface area contributed by atoms with Crippen LogP contribution in [0, 0.1) is 5.92 Å². The molecule has 1 N–H and O–H groups in total. The number of pyridine rings is 1. The molecule has 24 heavy (non-hydrogen) atoms. The van der Waals surface area contributed by atoms with Crippen LogP contribution in [0.25, 0.3) is 10.3 Å². The maximum atomic E-state index is 12.5. The van der Waals surface area contributed by atoms with Gasteiger partial charge in [-0.25, -0.2) is 9.97 Å². The lowest BCUT2D eigenvalue weighted by Crippen LogP contribution is -2.42. The van der Waals surface area contributed by atoms with E-state index in [1.807, 2.05) is 29.6 Å². The van der Waals surface area contributed by atoms with E-state index < -0.39 is 0 Å². The summed E-state index contributed by atoms with van der Waals surface area (Å²) in [5.74, 6) is 0.172. The third kappa shape index (κ3) is 3.27. The van der Waals surface area contributed by atoms with Gasteiger partial charge in [0, 0.05) is 24.2 Å². The Morgan fingerprint density at radius 1 is 1.38 bits per heavy atom. The Kier molecular flexibility index (Phi) is 4.44. The number of hydrogen-bond donors (Lipinski definition) is 1. The fourth-order valence-electron chi connectivity index (χ4n) is 2.99. The summed E-state index contributed by atoms with van der Waals surface area (Å²) in [6.45, 7) is 2.31. The van der Waals surface area contributed by atoms with Crippen LogP contribution in [0.15, 0.2) is 35.8 Å². The first-order chi connectivity index (χ1) is 11.8. The second-order valence-corrected chi connectivity index (χ2v) is 7.89. The Morgan fingerprint density at radius 3 is 3.17 bits per heavy atom. The maximum absolute atomic E-state index is 12.5. The Labute approximate surface area is 148 Å². The quantitative estimate of drug-likeness (QED) is 0.777. The number of thiophene rings is 1. The third-order valence-electron chi connectivity index (χ3n) is 4.23. The molecule has 1 saturated heterocycles. The summed E-state index contributed by atoms with van der Waals surface area (Å²) in [4.78, 5) is 25.9. The van der Waals surface area contributed by atoms with Crippen molar-refractivity contribution in [2.45, 2.75) is 19.4 Å². The topological polar surface area (TPSA) is 58.1 Å². The minimum Gasteiger partial charge on any atom is -0.351 e. The van der Waals surface area contributed by atoms with E-state index in [0.29, 0.717) is 6.54 Å². The largest absolute Gasteiger partial charge is 0.351 e. The van der Waals surface area contributed by atoms with Gasteiger partial charge >= 0.3 is 0 Å². The number of hydrogen-bond acceptors (Lipinski definition) is 6. The number of fused-ring (bicyclic) bond motifs is 1. The van der Waals surface area contributed by atoms with E-state index in [0.717, 1.165) is 41.4 Å². The molecule has 1 unspecified atom stereocenters. The van der Waals surface area contributed by atoms with E-state index in [4.69, 9.17) is 0 Å². The van der Waals surface area contributed by atoms with Gasteiger partial charge in [0.25, 0.3) is 0 Å². The van der Waals surface area contributed by atoms with Crippen molar-refractivity contribution in [3.63, 3.8) is 0 Å². The highest BCUT2D eigenvalue weighted by atomic mass is 32.1. The van der Waals surface area contributed by atoms with Crippen molar-refractivity contribution >= 4 is 44.1 Å². The van der Waals surface area contributed by atoms with Crippen LogP contribution in [0.1, 0.15) is 17.7 Å². The molecule has 0 aliphatic carbocycles. The lowest BCUT2D eigenvalue weighted by Gasteiger charge is -2.31. The van der Waals surface area contributed by atoms with Crippen molar-refractivity contribution in [2.75, 3.05) is 18.0 Å². The van der Waals surface area contributed by atoms with Gasteiger partial charge in [0.15, 0.2) is 5.13 Å². The van der Waals surface area contributed by atoms with Crippen LogP contribution in [-0.4, -0.2) is 29.0 Å². The van der Waals surface area contributed by atoms with E-state index in [1.54, 1.807) is 28.9 Å². The Hall–Kier alpha value is -1.99. The number of anilines is 1. The Bertz CT molecular complexity index is 797. The molecular formula is C17H18N4OS2. The van der Waals surface area contributed by atoms with E-state index >= 15 is 0 Å².